The largest absolute Gasteiger partial charge is 0.294 e. The van der Waals surface area contributed by atoms with Gasteiger partial charge in [-0.3, -0.25) is 20.4 Å². The summed E-state index contributed by atoms with van der Waals surface area (Å²) < 4.78 is 0. The summed E-state index contributed by atoms with van der Waals surface area (Å²) in [5, 5.41) is 0. The lowest BCUT2D eigenvalue weighted by atomic mass is 10.4. The quantitative estimate of drug-likeness (QED) is 0.235. The van der Waals surface area contributed by atoms with E-state index in [1.54, 1.807) is 11.8 Å². The molecule has 0 aliphatic heterocycles. The van der Waals surface area contributed by atoms with Gasteiger partial charge in [0.15, 0.2) is 0 Å². The molecule has 0 heterocycles. The lowest BCUT2D eigenvalue weighted by Crippen LogP contribution is -2.31. The van der Waals surface area contributed by atoms with Crippen molar-refractivity contribution < 1.29 is 9.59 Å². The molecule has 0 saturated heterocycles. The monoisotopic (exact) mass is 394 g/mol. The van der Waals surface area contributed by atoms with Gasteiger partial charge in [0.05, 0.1) is 11.5 Å². The highest BCUT2D eigenvalue weighted by Gasteiger charge is 2.03. The molecule has 6 N–H and O–H groups in total. The Hall–Kier alpha value is -1.65. The van der Waals surface area contributed by atoms with E-state index in [1.165, 1.54) is 23.5 Å². The third-order valence-corrected chi connectivity index (χ3v) is 5.98. The molecule has 2 aromatic rings. The third-order valence-electron chi connectivity index (χ3n) is 2.95. The number of nitrogens with one attached hydrogen (secondary N) is 2. The van der Waals surface area contributed by atoms with Crippen molar-refractivity contribution in [3.05, 3.63) is 48.5 Å². The summed E-state index contributed by atoms with van der Waals surface area (Å²) in [5.41, 5.74) is 4.22. The molecule has 2 aromatic carbocycles. The molecule has 0 bridgehead atoms. The van der Waals surface area contributed by atoms with Crippen LogP contribution in [0.1, 0.15) is 0 Å². The van der Waals surface area contributed by atoms with Crippen LogP contribution >= 0.6 is 35.3 Å². The molecule has 132 valence electrons. The minimum Gasteiger partial charge on any atom is -0.294 e. The van der Waals surface area contributed by atoms with Crippen molar-refractivity contribution in [3.63, 3.8) is 0 Å². The molecule has 0 fully saturated rings. The second-order valence-electron chi connectivity index (χ2n) is 4.76. The zero-order valence-corrected chi connectivity index (χ0v) is 15.7. The van der Waals surface area contributed by atoms with E-state index in [1.807, 2.05) is 48.5 Å². The van der Waals surface area contributed by atoms with E-state index in [2.05, 4.69) is 10.9 Å². The molecule has 0 atom stereocenters. The van der Waals surface area contributed by atoms with Gasteiger partial charge in [0.25, 0.3) is 0 Å². The van der Waals surface area contributed by atoms with Crippen molar-refractivity contribution in [1.82, 2.24) is 10.9 Å². The predicted octanol–water partition coefficient (Wildman–Crippen LogP) is 2.00. The smallest absolute Gasteiger partial charge is 0.244 e. The van der Waals surface area contributed by atoms with Crippen LogP contribution in [0.4, 0.5) is 0 Å². The summed E-state index contributed by atoms with van der Waals surface area (Å²) in [4.78, 5) is 26.5. The van der Waals surface area contributed by atoms with Crippen LogP contribution in [0.2, 0.25) is 0 Å². The zero-order chi connectivity index (χ0) is 18.1. The molecule has 9 heteroatoms. The summed E-state index contributed by atoms with van der Waals surface area (Å²) in [6.45, 7) is 0. The fourth-order valence-electron chi connectivity index (χ4n) is 1.72. The average molecular weight is 395 g/mol. The fourth-order valence-corrected chi connectivity index (χ4v) is 3.96. The number of thioether (sulfide) groups is 2. The minimum atomic E-state index is -0.203. The fraction of sp³-hybridized carbons (Fsp3) is 0.125. The molecule has 0 aliphatic carbocycles. The van der Waals surface area contributed by atoms with Crippen molar-refractivity contribution in [2.24, 2.45) is 11.7 Å². The number of rotatable bonds is 8. The van der Waals surface area contributed by atoms with Gasteiger partial charge in [-0.2, -0.15) is 0 Å². The Balaban J connectivity index is 1.87. The second-order valence-corrected chi connectivity index (χ2v) is 8.00. The Morgan fingerprint density at radius 1 is 0.680 bits per heavy atom. The first kappa shape index (κ1) is 19.7. The van der Waals surface area contributed by atoms with Crippen LogP contribution < -0.4 is 22.5 Å². The van der Waals surface area contributed by atoms with Crippen LogP contribution in [0.5, 0.6) is 0 Å². The molecule has 0 saturated carbocycles. The van der Waals surface area contributed by atoms with E-state index in [0.29, 0.717) is 11.5 Å². The predicted molar refractivity (Wildman–Crippen MR) is 103 cm³/mol. The molecule has 6 nitrogen and oxygen atoms in total. The Morgan fingerprint density at radius 2 is 1.00 bits per heavy atom. The van der Waals surface area contributed by atoms with E-state index in [4.69, 9.17) is 11.7 Å². The van der Waals surface area contributed by atoms with Gasteiger partial charge in [0, 0.05) is 19.6 Å². The van der Waals surface area contributed by atoms with Gasteiger partial charge >= 0.3 is 0 Å². The number of carbonyl (C=O) groups is 2. The number of hydrogen-bond donors (Lipinski definition) is 4. The summed E-state index contributed by atoms with van der Waals surface area (Å²) in [6, 6.07) is 16.0. The maximum absolute atomic E-state index is 11.1. The van der Waals surface area contributed by atoms with Gasteiger partial charge < -0.3 is 0 Å². The molecule has 0 spiro atoms. The number of amides is 2. The van der Waals surface area contributed by atoms with Crippen molar-refractivity contribution in [2.45, 2.75) is 19.6 Å². The average Bonchev–Trinajstić information content (AvgIpc) is 2.66. The summed E-state index contributed by atoms with van der Waals surface area (Å²) >= 11 is 4.51. The lowest BCUT2D eigenvalue weighted by Gasteiger charge is -2.05. The molecule has 0 aromatic heterocycles. The Labute approximate surface area is 158 Å². The highest BCUT2D eigenvalue weighted by atomic mass is 32.2. The Bertz CT molecular complexity index is 647. The topological polar surface area (TPSA) is 110 Å². The summed E-state index contributed by atoms with van der Waals surface area (Å²) in [7, 11) is 0. The first-order valence-electron chi connectivity index (χ1n) is 7.23. The van der Waals surface area contributed by atoms with E-state index < -0.39 is 0 Å². The SMILES string of the molecule is NNC(=O)CSc1ccc(Sc2ccc(SCC(=O)NN)cc2)cc1. The molecular formula is C16H18N4O2S3. The van der Waals surface area contributed by atoms with Crippen molar-refractivity contribution >= 4 is 47.1 Å². The van der Waals surface area contributed by atoms with Crippen LogP contribution in [0, 0.1) is 0 Å². The van der Waals surface area contributed by atoms with Crippen molar-refractivity contribution in [1.29, 1.82) is 0 Å². The maximum Gasteiger partial charge on any atom is 0.244 e. The van der Waals surface area contributed by atoms with E-state index >= 15 is 0 Å². The molecular weight excluding hydrogens is 376 g/mol. The van der Waals surface area contributed by atoms with Crippen LogP contribution in [-0.4, -0.2) is 23.3 Å². The van der Waals surface area contributed by atoms with E-state index in [-0.39, 0.29) is 11.8 Å². The minimum absolute atomic E-state index is 0.203. The molecule has 25 heavy (non-hydrogen) atoms. The molecule has 2 amide bonds. The summed E-state index contributed by atoms with van der Waals surface area (Å²) in [5.74, 6) is 10.3. The van der Waals surface area contributed by atoms with Crippen LogP contribution in [-0.2, 0) is 9.59 Å². The first-order chi connectivity index (χ1) is 12.1. The van der Waals surface area contributed by atoms with Crippen LogP contribution in [0.15, 0.2) is 68.1 Å². The number of hydrazine groups is 2. The maximum atomic E-state index is 11.1. The first-order valence-corrected chi connectivity index (χ1v) is 10.0. The number of benzene rings is 2. The van der Waals surface area contributed by atoms with Gasteiger partial charge in [-0.1, -0.05) is 11.8 Å². The van der Waals surface area contributed by atoms with Crippen molar-refractivity contribution in [2.75, 3.05) is 11.5 Å². The molecule has 0 aliphatic rings. The number of carbonyl (C=O) groups excluding carboxylic acids is 2. The zero-order valence-electron chi connectivity index (χ0n) is 13.2. The highest BCUT2D eigenvalue weighted by Crippen LogP contribution is 2.31. The second kappa shape index (κ2) is 10.4. The van der Waals surface area contributed by atoms with E-state index in [9.17, 15) is 9.59 Å². The lowest BCUT2D eigenvalue weighted by molar-refractivity contribution is -0.119. The van der Waals surface area contributed by atoms with Crippen LogP contribution in [0.3, 0.4) is 0 Å². The molecule has 0 radical (unpaired) electrons. The van der Waals surface area contributed by atoms with E-state index in [0.717, 1.165) is 19.6 Å². The third kappa shape index (κ3) is 7.00. The van der Waals surface area contributed by atoms with Gasteiger partial charge in [-0.25, -0.2) is 11.7 Å². The number of nitrogens with two attached hydrogens (primary N) is 2. The number of hydrogen-bond acceptors (Lipinski definition) is 7. The van der Waals surface area contributed by atoms with Crippen LogP contribution in [0.25, 0.3) is 0 Å². The van der Waals surface area contributed by atoms with Gasteiger partial charge in [-0.15, -0.1) is 23.5 Å². The van der Waals surface area contributed by atoms with Gasteiger partial charge in [-0.05, 0) is 48.5 Å². The Morgan fingerprint density at radius 3 is 1.32 bits per heavy atom. The normalized spacial score (nSPS) is 10.3. The standard InChI is InChI=1S/C16H18N4O2S3/c17-19-15(21)9-23-11-1-5-13(6-2-11)25-14-7-3-12(4-8-14)24-10-16(22)20-18/h1-8H,9-10,17-18H2,(H,19,21)(H,20,22). The molecule has 0 unspecified atom stereocenters. The van der Waals surface area contributed by atoms with Gasteiger partial charge in [0.2, 0.25) is 11.8 Å². The Kier molecular flexibility index (Phi) is 8.16. The van der Waals surface area contributed by atoms with Gasteiger partial charge in [0.1, 0.15) is 0 Å². The summed E-state index contributed by atoms with van der Waals surface area (Å²) in [6.07, 6.45) is 0. The molecule has 2 rings (SSSR count). The highest BCUT2D eigenvalue weighted by molar-refractivity contribution is 8.00. The van der Waals surface area contributed by atoms with Crippen molar-refractivity contribution in [3.8, 4) is 0 Å².